The Hall–Kier alpha value is -2.04. The molecule has 0 fully saturated rings. The first kappa shape index (κ1) is 11.4. The van der Waals surface area contributed by atoms with Crippen LogP contribution < -0.4 is 5.76 Å². The van der Waals surface area contributed by atoms with Crippen LogP contribution in [0.5, 0.6) is 0 Å². The Morgan fingerprint density at radius 2 is 2.29 bits per heavy atom. The third-order valence-electron chi connectivity index (χ3n) is 2.77. The van der Waals surface area contributed by atoms with Crippen molar-refractivity contribution in [1.82, 2.24) is 4.98 Å². The summed E-state index contributed by atoms with van der Waals surface area (Å²) in [6.45, 7) is 1.68. The normalized spacial score (nSPS) is 12.8. The first-order valence-electron chi connectivity index (χ1n) is 5.41. The monoisotopic (exact) mass is 235 g/mol. The van der Waals surface area contributed by atoms with Crippen molar-refractivity contribution in [2.45, 2.75) is 19.8 Å². The summed E-state index contributed by atoms with van der Waals surface area (Å²) >= 11 is 0. The van der Waals surface area contributed by atoms with Gasteiger partial charge < -0.3 is 9.52 Å². The second kappa shape index (κ2) is 4.45. The largest absolute Gasteiger partial charge is 0.481 e. The van der Waals surface area contributed by atoms with Crippen molar-refractivity contribution >= 4 is 17.1 Å². The van der Waals surface area contributed by atoms with Crippen LogP contribution in [0.4, 0.5) is 0 Å². The number of benzene rings is 1. The first-order valence-corrected chi connectivity index (χ1v) is 5.41. The van der Waals surface area contributed by atoms with Crippen molar-refractivity contribution in [3.63, 3.8) is 0 Å². The number of carbonyl (C=O) groups is 1. The van der Waals surface area contributed by atoms with Crippen LogP contribution in [0.2, 0.25) is 0 Å². The van der Waals surface area contributed by atoms with Crippen molar-refractivity contribution in [2.24, 2.45) is 5.92 Å². The molecule has 2 rings (SSSR count). The second-order valence-corrected chi connectivity index (χ2v) is 4.12. The van der Waals surface area contributed by atoms with Gasteiger partial charge in [0.2, 0.25) is 0 Å². The smallest absolute Gasteiger partial charge is 0.417 e. The van der Waals surface area contributed by atoms with Crippen LogP contribution in [0.25, 0.3) is 11.1 Å². The molecule has 0 amide bonds. The maximum absolute atomic E-state index is 11.0. The quantitative estimate of drug-likeness (QED) is 0.846. The van der Waals surface area contributed by atoms with Crippen molar-refractivity contribution in [1.29, 1.82) is 0 Å². The summed E-state index contributed by atoms with van der Waals surface area (Å²) in [6.07, 6.45) is 1.22. The highest BCUT2D eigenvalue weighted by molar-refractivity contribution is 5.73. The number of rotatable bonds is 4. The van der Waals surface area contributed by atoms with E-state index in [1.807, 2.05) is 6.07 Å². The number of carboxylic acid groups (broad SMARTS) is 1. The van der Waals surface area contributed by atoms with Gasteiger partial charge in [-0.25, -0.2) is 4.79 Å². The molecule has 0 saturated carbocycles. The van der Waals surface area contributed by atoms with Crippen LogP contribution in [0.3, 0.4) is 0 Å². The molecule has 17 heavy (non-hydrogen) atoms. The Morgan fingerprint density at radius 1 is 1.53 bits per heavy atom. The molecule has 2 N–H and O–H groups in total. The number of H-pyrrole nitrogens is 1. The zero-order valence-electron chi connectivity index (χ0n) is 9.40. The number of fused-ring (bicyclic) bond motifs is 1. The summed E-state index contributed by atoms with van der Waals surface area (Å²) in [7, 11) is 0. The lowest BCUT2D eigenvalue weighted by molar-refractivity contribution is -0.141. The zero-order chi connectivity index (χ0) is 12.4. The van der Waals surface area contributed by atoms with Gasteiger partial charge in [0.25, 0.3) is 0 Å². The average Bonchev–Trinajstić information content (AvgIpc) is 2.64. The molecule has 0 spiro atoms. The van der Waals surface area contributed by atoms with Crippen LogP contribution in [0, 0.1) is 5.92 Å². The highest BCUT2D eigenvalue weighted by atomic mass is 16.4. The number of aromatic nitrogens is 1. The van der Waals surface area contributed by atoms with Gasteiger partial charge in [-0.05, 0) is 30.5 Å². The fourth-order valence-corrected chi connectivity index (χ4v) is 1.65. The van der Waals surface area contributed by atoms with E-state index in [0.717, 1.165) is 5.56 Å². The van der Waals surface area contributed by atoms with Gasteiger partial charge in [-0.15, -0.1) is 0 Å². The molecule has 5 nitrogen and oxygen atoms in total. The molecule has 0 radical (unpaired) electrons. The van der Waals surface area contributed by atoms with E-state index in [1.54, 1.807) is 19.1 Å². The molecular formula is C12H13NO4. The number of aromatic amines is 1. The molecule has 2 aromatic rings. The van der Waals surface area contributed by atoms with Crippen LogP contribution in [0.1, 0.15) is 18.9 Å². The lowest BCUT2D eigenvalue weighted by atomic mass is 10.0. The van der Waals surface area contributed by atoms with E-state index in [4.69, 9.17) is 9.52 Å². The summed E-state index contributed by atoms with van der Waals surface area (Å²) < 4.78 is 4.94. The summed E-state index contributed by atoms with van der Waals surface area (Å²) in [6, 6.07) is 5.39. The van der Waals surface area contributed by atoms with E-state index in [2.05, 4.69) is 4.98 Å². The summed E-state index contributed by atoms with van der Waals surface area (Å²) in [4.78, 5) is 24.2. The van der Waals surface area contributed by atoms with Gasteiger partial charge in [-0.2, -0.15) is 0 Å². The summed E-state index contributed by atoms with van der Waals surface area (Å²) in [5, 5.41) is 8.77. The number of aliphatic carboxylic acids is 1. The van der Waals surface area contributed by atoms with Gasteiger partial charge in [-0.1, -0.05) is 13.0 Å². The molecule has 0 aliphatic heterocycles. The lowest BCUT2D eigenvalue weighted by Crippen LogP contribution is -2.10. The predicted octanol–water partition coefficient (Wildman–Crippen LogP) is 1.77. The topological polar surface area (TPSA) is 83.3 Å². The molecule has 1 heterocycles. The number of carboxylic acids is 1. The molecule has 0 saturated heterocycles. The Labute approximate surface area is 97.1 Å². The third-order valence-corrected chi connectivity index (χ3v) is 2.77. The lowest BCUT2D eigenvalue weighted by Gasteiger charge is -2.05. The van der Waals surface area contributed by atoms with Gasteiger partial charge in [0.05, 0.1) is 11.4 Å². The van der Waals surface area contributed by atoms with Gasteiger partial charge in [-0.3, -0.25) is 9.78 Å². The van der Waals surface area contributed by atoms with E-state index in [0.29, 0.717) is 23.9 Å². The molecule has 1 aromatic carbocycles. The zero-order valence-corrected chi connectivity index (χ0v) is 9.40. The molecule has 1 unspecified atom stereocenters. The van der Waals surface area contributed by atoms with Gasteiger partial charge >= 0.3 is 11.7 Å². The van der Waals surface area contributed by atoms with Crippen molar-refractivity contribution in [3.05, 3.63) is 34.3 Å². The number of aryl methyl sites for hydroxylation is 1. The molecule has 5 heteroatoms. The van der Waals surface area contributed by atoms with E-state index in [9.17, 15) is 9.59 Å². The molecule has 90 valence electrons. The summed E-state index contributed by atoms with van der Waals surface area (Å²) in [5.41, 5.74) is 2.13. The van der Waals surface area contributed by atoms with Crippen LogP contribution in [-0.2, 0) is 11.2 Å². The SMILES string of the molecule is CC(CCc1ccc2[nH]c(=O)oc2c1)C(=O)O. The summed E-state index contributed by atoms with van der Waals surface area (Å²) in [5.74, 6) is -1.64. The van der Waals surface area contributed by atoms with Gasteiger partial charge in [0.1, 0.15) is 0 Å². The first-order chi connectivity index (χ1) is 8.06. The molecule has 1 aromatic heterocycles. The van der Waals surface area contributed by atoms with E-state index >= 15 is 0 Å². The van der Waals surface area contributed by atoms with E-state index < -0.39 is 11.7 Å². The third kappa shape index (κ3) is 2.55. The molecule has 0 bridgehead atoms. The van der Waals surface area contributed by atoms with Crippen molar-refractivity contribution in [2.75, 3.05) is 0 Å². The van der Waals surface area contributed by atoms with Gasteiger partial charge in [0, 0.05) is 0 Å². The number of hydrogen-bond acceptors (Lipinski definition) is 3. The maximum Gasteiger partial charge on any atom is 0.417 e. The minimum Gasteiger partial charge on any atom is -0.481 e. The maximum atomic E-state index is 11.0. The number of oxazole rings is 1. The van der Waals surface area contributed by atoms with Crippen LogP contribution in [-0.4, -0.2) is 16.1 Å². The predicted molar refractivity (Wildman–Crippen MR) is 62.0 cm³/mol. The highest BCUT2D eigenvalue weighted by Gasteiger charge is 2.11. The second-order valence-electron chi connectivity index (χ2n) is 4.12. The fraction of sp³-hybridized carbons (Fsp3) is 0.333. The molecule has 0 aliphatic carbocycles. The molecule has 1 atom stereocenters. The van der Waals surface area contributed by atoms with Gasteiger partial charge in [0.15, 0.2) is 5.58 Å². The number of nitrogens with one attached hydrogen (secondary N) is 1. The fourth-order valence-electron chi connectivity index (χ4n) is 1.65. The number of hydrogen-bond donors (Lipinski definition) is 2. The van der Waals surface area contributed by atoms with Crippen LogP contribution >= 0.6 is 0 Å². The van der Waals surface area contributed by atoms with E-state index in [-0.39, 0.29) is 5.92 Å². The molecular weight excluding hydrogens is 222 g/mol. The highest BCUT2D eigenvalue weighted by Crippen LogP contribution is 2.15. The Balaban J connectivity index is 2.14. The Morgan fingerprint density at radius 3 is 3.00 bits per heavy atom. The average molecular weight is 235 g/mol. The Bertz CT molecular complexity index is 596. The minimum absolute atomic E-state index is 0.371. The van der Waals surface area contributed by atoms with Crippen molar-refractivity contribution in [3.8, 4) is 0 Å². The standard InChI is InChI=1S/C12H13NO4/c1-7(11(14)15)2-3-8-4-5-9-10(6-8)17-12(16)13-9/h4-7H,2-3H2,1H3,(H,13,16)(H,14,15). The minimum atomic E-state index is -0.792. The van der Waals surface area contributed by atoms with Crippen molar-refractivity contribution < 1.29 is 14.3 Å². The molecule has 0 aliphatic rings. The Kier molecular flexibility index (Phi) is 2.99. The van der Waals surface area contributed by atoms with E-state index in [1.165, 1.54) is 0 Å². The van der Waals surface area contributed by atoms with Crippen LogP contribution in [0.15, 0.2) is 27.4 Å².